The van der Waals surface area contributed by atoms with E-state index >= 15 is 0 Å². The predicted octanol–water partition coefficient (Wildman–Crippen LogP) is 3.41. The Bertz CT molecular complexity index is 1410. The standard InChI is InChI=1S/C35H42N4O5/c1-2-18-38-19-6-7-21-44-29-15-13-25(14-16-29)22-30(37-33(41)27-11-8-12-28(23-27)34(38)42)32(40)31-35(43)39(20-17-36-31)24-26-9-4-3-5-10-26/h3-5,8-16,23,30-32,36,40H,2,6-7,17-22,24H2,1H3,(H,37,41)/t30-,31?,32?/m0/s1. The molecule has 3 N–H and O–H groups in total. The Morgan fingerprint density at radius 1 is 0.909 bits per heavy atom. The van der Waals surface area contributed by atoms with E-state index in [1.807, 2.05) is 66.4 Å². The van der Waals surface area contributed by atoms with E-state index in [0.29, 0.717) is 56.9 Å². The second-order valence-electron chi connectivity index (χ2n) is 11.5. The van der Waals surface area contributed by atoms with Crippen LogP contribution in [0, 0.1) is 0 Å². The van der Waals surface area contributed by atoms with Crippen LogP contribution in [0.25, 0.3) is 0 Å². The van der Waals surface area contributed by atoms with Crippen LogP contribution >= 0.6 is 0 Å². The fourth-order valence-corrected chi connectivity index (χ4v) is 5.85. The largest absolute Gasteiger partial charge is 0.494 e. The monoisotopic (exact) mass is 598 g/mol. The molecule has 0 saturated carbocycles. The van der Waals surface area contributed by atoms with E-state index in [1.54, 1.807) is 29.2 Å². The summed E-state index contributed by atoms with van der Waals surface area (Å²) in [6.45, 7) is 5.28. The Hall–Kier alpha value is -4.21. The molecule has 6 rings (SSSR count). The highest BCUT2D eigenvalue weighted by Gasteiger charge is 2.38. The van der Waals surface area contributed by atoms with E-state index in [0.717, 1.165) is 36.1 Å². The topological polar surface area (TPSA) is 111 Å². The second-order valence-corrected chi connectivity index (χ2v) is 11.5. The lowest BCUT2D eigenvalue weighted by Gasteiger charge is -2.38. The maximum atomic E-state index is 13.6. The second kappa shape index (κ2) is 15.0. The van der Waals surface area contributed by atoms with Gasteiger partial charge in [0.1, 0.15) is 11.8 Å². The molecule has 3 aliphatic rings. The zero-order valence-corrected chi connectivity index (χ0v) is 25.3. The number of carbonyl (C=O) groups is 3. The zero-order chi connectivity index (χ0) is 30.9. The van der Waals surface area contributed by atoms with Crippen LogP contribution in [-0.4, -0.2) is 83.6 Å². The molecule has 1 saturated heterocycles. The number of fused-ring (bicyclic) bond motifs is 11. The van der Waals surface area contributed by atoms with Gasteiger partial charge in [-0.25, -0.2) is 0 Å². The highest BCUT2D eigenvalue weighted by molar-refractivity contribution is 6.00. The molecule has 1 fully saturated rings. The van der Waals surface area contributed by atoms with Crippen molar-refractivity contribution in [1.82, 2.24) is 20.4 Å². The summed E-state index contributed by atoms with van der Waals surface area (Å²) in [7, 11) is 0. The molecule has 44 heavy (non-hydrogen) atoms. The maximum absolute atomic E-state index is 13.6. The zero-order valence-electron chi connectivity index (χ0n) is 25.3. The van der Waals surface area contributed by atoms with E-state index in [4.69, 9.17) is 4.74 Å². The summed E-state index contributed by atoms with van der Waals surface area (Å²) in [5, 5.41) is 17.9. The fourth-order valence-electron chi connectivity index (χ4n) is 5.85. The molecule has 0 spiro atoms. The van der Waals surface area contributed by atoms with E-state index in [1.165, 1.54) is 0 Å². The third kappa shape index (κ3) is 7.84. The molecule has 3 aliphatic heterocycles. The van der Waals surface area contributed by atoms with Crippen LogP contribution in [0.5, 0.6) is 5.75 Å². The van der Waals surface area contributed by atoms with Crippen molar-refractivity contribution < 1.29 is 24.2 Å². The van der Waals surface area contributed by atoms with Gasteiger partial charge in [-0.2, -0.15) is 0 Å². The van der Waals surface area contributed by atoms with Crippen molar-refractivity contribution in [2.45, 2.75) is 57.3 Å². The van der Waals surface area contributed by atoms with Gasteiger partial charge in [0.25, 0.3) is 11.8 Å². The van der Waals surface area contributed by atoms with Crippen molar-refractivity contribution in [3.63, 3.8) is 0 Å². The number of aliphatic hydroxyl groups is 1. The molecule has 3 heterocycles. The van der Waals surface area contributed by atoms with Crippen molar-refractivity contribution in [2.24, 2.45) is 0 Å². The van der Waals surface area contributed by atoms with Gasteiger partial charge in [0.15, 0.2) is 0 Å². The summed E-state index contributed by atoms with van der Waals surface area (Å²) >= 11 is 0. The molecule has 4 bridgehead atoms. The molecular weight excluding hydrogens is 556 g/mol. The van der Waals surface area contributed by atoms with Crippen molar-refractivity contribution in [3.05, 3.63) is 101 Å². The van der Waals surface area contributed by atoms with Gasteiger partial charge in [-0.15, -0.1) is 0 Å². The molecule has 232 valence electrons. The first-order valence-corrected chi connectivity index (χ1v) is 15.6. The molecule has 3 atom stereocenters. The van der Waals surface area contributed by atoms with Crippen LogP contribution in [0.1, 0.15) is 58.0 Å². The van der Waals surface area contributed by atoms with Crippen LogP contribution in [0.3, 0.4) is 0 Å². The van der Waals surface area contributed by atoms with Crippen LogP contribution in [0.4, 0.5) is 0 Å². The molecule has 3 amide bonds. The van der Waals surface area contributed by atoms with Crippen molar-refractivity contribution in [2.75, 3.05) is 32.8 Å². The number of hydrogen-bond donors (Lipinski definition) is 3. The quantitative estimate of drug-likeness (QED) is 0.401. The average molecular weight is 599 g/mol. The maximum Gasteiger partial charge on any atom is 0.253 e. The molecule has 3 aromatic rings. The number of nitrogens with zero attached hydrogens (tertiary/aromatic N) is 2. The first-order valence-electron chi connectivity index (χ1n) is 15.6. The highest BCUT2D eigenvalue weighted by atomic mass is 16.5. The smallest absolute Gasteiger partial charge is 0.253 e. The predicted molar refractivity (Wildman–Crippen MR) is 168 cm³/mol. The molecule has 3 aromatic carbocycles. The number of carbonyl (C=O) groups excluding carboxylic acids is 3. The Balaban J connectivity index is 1.41. The fraction of sp³-hybridized carbons (Fsp3) is 0.400. The minimum Gasteiger partial charge on any atom is -0.494 e. The minimum atomic E-state index is -1.21. The van der Waals surface area contributed by atoms with Gasteiger partial charge in [-0.05, 0) is 67.1 Å². The van der Waals surface area contributed by atoms with Crippen LogP contribution < -0.4 is 15.4 Å². The molecule has 0 aromatic heterocycles. The number of aliphatic hydroxyl groups excluding tert-OH is 1. The number of benzene rings is 3. The summed E-state index contributed by atoms with van der Waals surface area (Å²) in [6, 6.07) is 22.4. The van der Waals surface area contributed by atoms with Gasteiger partial charge in [0.2, 0.25) is 5.91 Å². The number of rotatable bonds is 6. The van der Waals surface area contributed by atoms with Crippen LogP contribution in [-0.2, 0) is 17.8 Å². The van der Waals surface area contributed by atoms with E-state index in [9.17, 15) is 19.5 Å². The number of nitrogens with one attached hydrogen (secondary N) is 2. The third-order valence-electron chi connectivity index (χ3n) is 8.23. The van der Waals surface area contributed by atoms with Crippen molar-refractivity contribution >= 4 is 17.7 Å². The minimum absolute atomic E-state index is 0.120. The normalized spacial score (nSPS) is 20.8. The SMILES string of the molecule is CCCN1CCCCOc2ccc(cc2)C[C@@H](C(O)C2NCCN(Cc3ccccc3)C2=O)NC(=O)c2cccc(c2)C1=O. The summed E-state index contributed by atoms with van der Waals surface area (Å²) in [4.78, 5) is 44.2. The molecule has 0 radical (unpaired) electrons. The third-order valence-corrected chi connectivity index (χ3v) is 8.23. The highest BCUT2D eigenvalue weighted by Crippen LogP contribution is 2.19. The van der Waals surface area contributed by atoms with Gasteiger partial charge in [-0.3, -0.25) is 14.4 Å². The number of hydrogen-bond acceptors (Lipinski definition) is 6. The van der Waals surface area contributed by atoms with Gasteiger partial charge in [0.05, 0.1) is 18.8 Å². The van der Waals surface area contributed by atoms with Gasteiger partial charge in [0, 0.05) is 43.9 Å². The number of ether oxygens (including phenoxy) is 1. The molecule has 9 nitrogen and oxygen atoms in total. The van der Waals surface area contributed by atoms with E-state index in [2.05, 4.69) is 10.6 Å². The lowest BCUT2D eigenvalue weighted by Crippen LogP contribution is -2.63. The van der Waals surface area contributed by atoms with Crippen LogP contribution in [0.2, 0.25) is 0 Å². The lowest BCUT2D eigenvalue weighted by atomic mass is 9.93. The molecular formula is C35H42N4O5. The van der Waals surface area contributed by atoms with E-state index in [-0.39, 0.29) is 11.8 Å². The Labute approximate surface area is 259 Å². The number of piperazine rings is 1. The van der Waals surface area contributed by atoms with E-state index < -0.39 is 24.1 Å². The Morgan fingerprint density at radius 2 is 1.68 bits per heavy atom. The van der Waals surface area contributed by atoms with Gasteiger partial charge >= 0.3 is 0 Å². The van der Waals surface area contributed by atoms with Gasteiger partial charge in [-0.1, -0.05) is 55.5 Å². The average Bonchev–Trinajstić information content (AvgIpc) is 3.05. The Morgan fingerprint density at radius 3 is 2.45 bits per heavy atom. The summed E-state index contributed by atoms with van der Waals surface area (Å²) in [5.41, 5.74) is 2.65. The first-order chi connectivity index (χ1) is 21.4. The number of amides is 3. The lowest BCUT2D eigenvalue weighted by molar-refractivity contribution is -0.140. The van der Waals surface area contributed by atoms with Crippen LogP contribution in [0.15, 0.2) is 78.9 Å². The molecule has 2 unspecified atom stereocenters. The first kappa shape index (κ1) is 31.2. The Kier molecular flexibility index (Phi) is 10.6. The van der Waals surface area contributed by atoms with Crippen molar-refractivity contribution in [1.29, 1.82) is 0 Å². The summed E-state index contributed by atoms with van der Waals surface area (Å²) in [5.74, 6) is -0.0245. The summed E-state index contributed by atoms with van der Waals surface area (Å²) < 4.78 is 5.94. The van der Waals surface area contributed by atoms with Crippen molar-refractivity contribution in [3.8, 4) is 5.75 Å². The molecule has 9 heteroatoms. The van der Waals surface area contributed by atoms with Gasteiger partial charge < -0.3 is 30.3 Å². The molecule has 0 aliphatic carbocycles. The summed E-state index contributed by atoms with van der Waals surface area (Å²) in [6.07, 6.45) is 1.51.